The van der Waals surface area contributed by atoms with Gasteiger partial charge in [0.2, 0.25) is 5.95 Å². The number of hydrogen-bond acceptors (Lipinski definition) is 7. The third kappa shape index (κ3) is 6.05. The van der Waals surface area contributed by atoms with E-state index in [9.17, 15) is 10.1 Å². The molecule has 7 rings (SSSR count). The lowest BCUT2D eigenvalue weighted by Gasteiger charge is -2.24. The topological polar surface area (TPSA) is 97.9 Å². The molecule has 0 aliphatic carbocycles. The first-order valence-corrected chi connectivity index (χ1v) is 15.2. The maximum atomic E-state index is 12.9. The minimum atomic E-state index is -0.399. The Morgan fingerprint density at radius 1 is 0.553 bits per heavy atom. The van der Waals surface area contributed by atoms with Crippen LogP contribution in [0, 0.1) is 10.1 Å². The molecule has 0 amide bonds. The fourth-order valence-corrected chi connectivity index (χ4v) is 5.57. The highest BCUT2D eigenvalue weighted by molar-refractivity contribution is 6.33. The first-order chi connectivity index (χ1) is 23.1. The van der Waals surface area contributed by atoms with Crippen molar-refractivity contribution in [2.75, 3.05) is 4.90 Å². The molecule has 7 aromatic rings. The highest BCUT2D eigenvalue weighted by atomic mass is 35.5. The van der Waals surface area contributed by atoms with Crippen LogP contribution in [-0.4, -0.2) is 24.9 Å². The maximum Gasteiger partial charge on any atom is 0.301 e. The van der Waals surface area contributed by atoms with Crippen LogP contribution in [0.3, 0.4) is 0 Å². The van der Waals surface area contributed by atoms with E-state index in [0.29, 0.717) is 22.8 Å². The molecule has 8 nitrogen and oxygen atoms in total. The minimum Gasteiger partial charge on any atom is -0.258 e. The molecule has 0 saturated carbocycles. The van der Waals surface area contributed by atoms with E-state index in [-0.39, 0.29) is 28.2 Å². The summed E-state index contributed by atoms with van der Waals surface area (Å²) in [4.78, 5) is 33.2. The first kappa shape index (κ1) is 29.5. The number of nitro groups is 1. The molecule has 0 aliphatic heterocycles. The molecular formula is C38H25ClN6O2. The molecule has 0 atom stereocenters. The maximum absolute atomic E-state index is 12.9. The lowest BCUT2D eigenvalue weighted by Crippen LogP contribution is -2.18. The molecule has 47 heavy (non-hydrogen) atoms. The quantitative estimate of drug-likeness (QED) is 0.121. The van der Waals surface area contributed by atoms with Crippen LogP contribution in [0.4, 0.5) is 23.1 Å². The number of nitro benzene ring substituents is 1. The van der Waals surface area contributed by atoms with E-state index in [4.69, 9.17) is 26.6 Å². The summed E-state index contributed by atoms with van der Waals surface area (Å²) in [7, 11) is 0. The van der Waals surface area contributed by atoms with Gasteiger partial charge in [-0.15, -0.1) is 0 Å². The van der Waals surface area contributed by atoms with Crippen LogP contribution < -0.4 is 4.90 Å². The molecule has 0 radical (unpaired) electrons. The van der Waals surface area contributed by atoms with Gasteiger partial charge in [0.15, 0.2) is 17.5 Å². The zero-order valence-corrected chi connectivity index (χ0v) is 25.6. The van der Waals surface area contributed by atoms with Crippen LogP contribution in [0.5, 0.6) is 0 Å². The number of anilines is 3. The third-order valence-corrected chi connectivity index (χ3v) is 7.87. The van der Waals surface area contributed by atoms with Gasteiger partial charge in [0, 0.05) is 17.3 Å². The number of aromatic nitrogens is 4. The fourth-order valence-electron chi connectivity index (χ4n) is 5.37. The lowest BCUT2D eigenvalue weighted by molar-refractivity contribution is -0.383. The SMILES string of the molecule is O=[N+]([O-])c1c(-c2ccccc2)cccc1N(c1nc(-c2ccccc2)nc(-c2ccc(-c3ccccc3)cc2)n1)c1ncccc1Cl. The van der Waals surface area contributed by atoms with Crippen LogP contribution in [0.15, 0.2) is 152 Å². The fraction of sp³-hybridized carbons (Fsp3) is 0. The van der Waals surface area contributed by atoms with Gasteiger partial charge in [0.1, 0.15) is 5.69 Å². The van der Waals surface area contributed by atoms with Gasteiger partial charge < -0.3 is 0 Å². The van der Waals surface area contributed by atoms with Crippen molar-refractivity contribution >= 4 is 34.7 Å². The van der Waals surface area contributed by atoms with E-state index in [0.717, 1.165) is 22.3 Å². The summed E-state index contributed by atoms with van der Waals surface area (Å²) in [6, 6.07) is 45.2. The molecule has 0 unspecified atom stereocenters. The van der Waals surface area contributed by atoms with Crippen molar-refractivity contribution in [2.45, 2.75) is 0 Å². The van der Waals surface area contributed by atoms with Gasteiger partial charge in [-0.2, -0.15) is 9.97 Å². The van der Waals surface area contributed by atoms with Crippen molar-refractivity contribution in [2.24, 2.45) is 0 Å². The van der Waals surface area contributed by atoms with Gasteiger partial charge in [0.05, 0.1) is 15.5 Å². The van der Waals surface area contributed by atoms with Crippen molar-refractivity contribution in [3.8, 4) is 45.0 Å². The Kier molecular flexibility index (Phi) is 8.15. The molecule has 0 aliphatic rings. The lowest BCUT2D eigenvalue weighted by atomic mass is 10.0. The van der Waals surface area contributed by atoms with Gasteiger partial charge in [-0.25, -0.2) is 9.97 Å². The smallest absolute Gasteiger partial charge is 0.258 e. The molecule has 2 aromatic heterocycles. The number of para-hydroxylation sites is 1. The Morgan fingerprint density at radius 2 is 1.09 bits per heavy atom. The van der Waals surface area contributed by atoms with E-state index in [2.05, 4.69) is 17.1 Å². The molecule has 5 aromatic carbocycles. The monoisotopic (exact) mass is 632 g/mol. The molecule has 0 spiro atoms. The molecule has 0 N–H and O–H groups in total. The highest BCUT2D eigenvalue weighted by Gasteiger charge is 2.31. The zero-order chi connectivity index (χ0) is 32.2. The number of pyridine rings is 1. The van der Waals surface area contributed by atoms with Gasteiger partial charge in [-0.1, -0.05) is 133 Å². The minimum absolute atomic E-state index is 0.120. The Hall–Kier alpha value is -6.25. The third-order valence-electron chi connectivity index (χ3n) is 7.58. The van der Waals surface area contributed by atoms with E-state index in [1.807, 2.05) is 103 Å². The molecular weight excluding hydrogens is 608 g/mol. The van der Waals surface area contributed by atoms with E-state index in [1.54, 1.807) is 36.5 Å². The number of rotatable bonds is 8. The van der Waals surface area contributed by atoms with E-state index >= 15 is 0 Å². The second-order valence-electron chi connectivity index (χ2n) is 10.5. The second kappa shape index (κ2) is 13.0. The summed E-state index contributed by atoms with van der Waals surface area (Å²) in [5, 5.41) is 13.1. The Morgan fingerprint density at radius 3 is 1.68 bits per heavy atom. The van der Waals surface area contributed by atoms with Crippen LogP contribution in [0.1, 0.15) is 0 Å². The summed E-state index contributed by atoms with van der Waals surface area (Å²) in [5.41, 5.74) is 4.79. The average molecular weight is 633 g/mol. The Bertz CT molecular complexity index is 2180. The highest BCUT2D eigenvalue weighted by Crippen LogP contribution is 2.45. The standard InChI is InChI=1S/C38H25ClN6O2/c39-32-19-11-25-40-37(32)44(33-20-10-18-31(34(33)45(46)47)28-14-6-2-7-15-28)38-42-35(29-16-8-3-9-17-29)41-36(43-38)30-23-21-27(22-24-30)26-12-4-1-5-13-26/h1-25H. The van der Waals surface area contributed by atoms with E-state index in [1.165, 1.54) is 4.90 Å². The average Bonchev–Trinajstić information content (AvgIpc) is 3.13. The molecule has 0 bridgehead atoms. The second-order valence-corrected chi connectivity index (χ2v) is 10.9. The van der Waals surface area contributed by atoms with Crippen molar-refractivity contribution in [3.63, 3.8) is 0 Å². The van der Waals surface area contributed by atoms with Crippen molar-refractivity contribution in [1.29, 1.82) is 0 Å². The number of halogens is 1. The van der Waals surface area contributed by atoms with Crippen LogP contribution in [0.2, 0.25) is 5.02 Å². The van der Waals surface area contributed by atoms with E-state index < -0.39 is 4.92 Å². The van der Waals surface area contributed by atoms with Crippen LogP contribution >= 0.6 is 11.6 Å². The number of hydrogen-bond donors (Lipinski definition) is 0. The Balaban J connectivity index is 1.47. The summed E-state index contributed by atoms with van der Waals surface area (Å²) >= 11 is 6.75. The largest absolute Gasteiger partial charge is 0.301 e. The summed E-state index contributed by atoms with van der Waals surface area (Å²) in [6.07, 6.45) is 1.57. The summed E-state index contributed by atoms with van der Waals surface area (Å²) < 4.78 is 0. The molecule has 0 saturated heterocycles. The van der Waals surface area contributed by atoms with Crippen molar-refractivity contribution in [1.82, 2.24) is 19.9 Å². The van der Waals surface area contributed by atoms with Gasteiger partial charge in [-0.05, 0) is 41.0 Å². The first-order valence-electron chi connectivity index (χ1n) is 14.8. The van der Waals surface area contributed by atoms with Crippen molar-refractivity contribution < 1.29 is 4.92 Å². The molecule has 9 heteroatoms. The number of benzene rings is 5. The van der Waals surface area contributed by atoms with Gasteiger partial charge >= 0.3 is 5.69 Å². The van der Waals surface area contributed by atoms with Crippen molar-refractivity contribution in [3.05, 3.63) is 167 Å². The predicted octanol–water partition coefficient (Wildman–Crippen LogP) is 9.97. The summed E-state index contributed by atoms with van der Waals surface area (Å²) in [6.45, 7) is 0. The number of nitrogens with zero attached hydrogens (tertiary/aromatic N) is 6. The predicted molar refractivity (Wildman–Crippen MR) is 186 cm³/mol. The van der Waals surface area contributed by atoms with Gasteiger partial charge in [0.25, 0.3) is 0 Å². The molecule has 0 fully saturated rings. The normalized spacial score (nSPS) is 10.8. The molecule has 226 valence electrons. The Labute approximate surface area is 275 Å². The zero-order valence-electron chi connectivity index (χ0n) is 24.8. The van der Waals surface area contributed by atoms with Crippen LogP contribution in [-0.2, 0) is 0 Å². The van der Waals surface area contributed by atoms with Crippen LogP contribution in [0.25, 0.3) is 45.0 Å². The summed E-state index contributed by atoms with van der Waals surface area (Å²) in [5.74, 6) is 1.12. The molecule has 2 heterocycles. The van der Waals surface area contributed by atoms with Gasteiger partial charge in [-0.3, -0.25) is 15.0 Å².